The lowest BCUT2D eigenvalue weighted by atomic mass is 9.95. The van der Waals surface area contributed by atoms with E-state index < -0.39 is 12.0 Å². The fraction of sp³-hybridized carbons (Fsp3) is 1.00. The van der Waals surface area contributed by atoms with Gasteiger partial charge in [0.2, 0.25) is 0 Å². The Kier molecular flexibility index (Phi) is 15.5. The fourth-order valence-electron chi connectivity index (χ4n) is 3.49. The maximum Gasteiger partial charge on any atom is 0.160 e. The molecule has 0 aliphatic carbocycles. The maximum absolute atomic E-state index is 6.32. The van der Waals surface area contributed by atoms with E-state index in [1.165, 1.54) is 0 Å². The average molecular weight is 394 g/mol. The van der Waals surface area contributed by atoms with Crippen molar-refractivity contribution < 1.29 is 28.4 Å². The Bertz CT molecular complexity index is 338. The topological polar surface area (TPSA) is 67.4 Å². The minimum atomic E-state index is -0.734. The second kappa shape index (κ2) is 15.6. The highest BCUT2D eigenvalue weighted by molar-refractivity contribution is 4.91. The summed E-state index contributed by atoms with van der Waals surface area (Å²) in [5.41, 5.74) is -0.734. The van der Waals surface area contributed by atoms with E-state index >= 15 is 0 Å². The van der Waals surface area contributed by atoms with Gasteiger partial charge in [-0.2, -0.15) is 0 Å². The highest BCUT2D eigenvalue weighted by Crippen LogP contribution is 2.28. The van der Waals surface area contributed by atoms with Crippen molar-refractivity contribution in [1.82, 2.24) is 5.32 Å². The third kappa shape index (κ3) is 9.17. The molecule has 0 aliphatic heterocycles. The van der Waals surface area contributed by atoms with E-state index in [0.717, 1.165) is 19.3 Å². The predicted molar refractivity (Wildman–Crippen MR) is 107 cm³/mol. The highest BCUT2D eigenvalue weighted by Gasteiger charge is 2.43. The first-order chi connectivity index (χ1) is 13.0. The van der Waals surface area contributed by atoms with Gasteiger partial charge in [-0.15, -0.1) is 0 Å². The van der Waals surface area contributed by atoms with Gasteiger partial charge in [0.25, 0.3) is 0 Å². The summed E-state index contributed by atoms with van der Waals surface area (Å²) in [4.78, 5) is 0. The van der Waals surface area contributed by atoms with Crippen molar-refractivity contribution in [1.29, 1.82) is 0 Å². The number of ether oxygens (including phenoxy) is 6. The van der Waals surface area contributed by atoms with Crippen molar-refractivity contribution in [3.8, 4) is 0 Å². The van der Waals surface area contributed by atoms with Crippen LogP contribution < -0.4 is 5.32 Å². The molecule has 7 heteroatoms. The van der Waals surface area contributed by atoms with E-state index in [4.69, 9.17) is 28.4 Å². The van der Waals surface area contributed by atoms with Crippen molar-refractivity contribution in [3.63, 3.8) is 0 Å². The predicted octanol–water partition coefficient (Wildman–Crippen LogP) is 3.31. The fourth-order valence-corrected chi connectivity index (χ4v) is 3.49. The Balaban J connectivity index is 5.75. The van der Waals surface area contributed by atoms with Gasteiger partial charge in [-0.1, -0.05) is 20.3 Å². The summed E-state index contributed by atoms with van der Waals surface area (Å²) >= 11 is 0. The minimum absolute atomic E-state index is 0.135. The Morgan fingerprint density at radius 2 is 1.41 bits per heavy atom. The molecule has 0 bridgehead atoms. The number of methoxy groups -OCH3 is 4. The van der Waals surface area contributed by atoms with Crippen LogP contribution in [0.2, 0.25) is 0 Å². The molecule has 0 saturated carbocycles. The van der Waals surface area contributed by atoms with Gasteiger partial charge in [0.05, 0.1) is 6.10 Å². The van der Waals surface area contributed by atoms with Gasteiger partial charge >= 0.3 is 0 Å². The van der Waals surface area contributed by atoms with Crippen LogP contribution in [0.25, 0.3) is 0 Å². The molecule has 3 atom stereocenters. The van der Waals surface area contributed by atoms with E-state index in [1.54, 1.807) is 28.4 Å². The molecule has 164 valence electrons. The monoisotopic (exact) mass is 393 g/mol. The van der Waals surface area contributed by atoms with Gasteiger partial charge in [0, 0.05) is 60.5 Å². The van der Waals surface area contributed by atoms with Gasteiger partial charge in [-0.3, -0.25) is 5.32 Å². The summed E-state index contributed by atoms with van der Waals surface area (Å²) in [5, 5.41) is 3.74. The van der Waals surface area contributed by atoms with E-state index in [9.17, 15) is 0 Å². The van der Waals surface area contributed by atoms with Gasteiger partial charge in [-0.05, 0) is 26.7 Å². The summed E-state index contributed by atoms with van der Waals surface area (Å²) in [6, 6.07) is 0.135. The van der Waals surface area contributed by atoms with Crippen molar-refractivity contribution >= 4 is 0 Å². The second-order valence-corrected chi connectivity index (χ2v) is 6.55. The van der Waals surface area contributed by atoms with Crippen LogP contribution in [-0.4, -0.2) is 72.1 Å². The molecule has 0 saturated heterocycles. The van der Waals surface area contributed by atoms with Crippen molar-refractivity contribution in [3.05, 3.63) is 0 Å². The third-order valence-electron chi connectivity index (χ3n) is 4.74. The zero-order chi connectivity index (χ0) is 20.7. The first-order valence-electron chi connectivity index (χ1n) is 10.1. The van der Waals surface area contributed by atoms with Crippen molar-refractivity contribution in [2.75, 3.05) is 41.7 Å². The number of hydrogen-bond acceptors (Lipinski definition) is 7. The molecule has 0 aromatic rings. The van der Waals surface area contributed by atoms with E-state index in [-0.39, 0.29) is 18.4 Å². The molecule has 0 radical (unpaired) electrons. The molecule has 7 nitrogen and oxygen atoms in total. The smallest absolute Gasteiger partial charge is 0.160 e. The summed E-state index contributed by atoms with van der Waals surface area (Å²) in [6.07, 6.45) is 3.20. The Morgan fingerprint density at radius 3 is 1.81 bits per heavy atom. The van der Waals surface area contributed by atoms with Gasteiger partial charge < -0.3 is 28.4 Å². The summed E-state index contributed by atoms with van der Waals surface area (Å²) in [7, 11) is 6.60. The Hall–Kier alpha value is -0.280. The molecule has 1 N–H and O–H groups in total. The summed E-state index contributed by atoms with van der Waals surface area (Å²) in [5.74, 6) is 0. The van der Waals surface area contributed by atoms with Crippen LogP contribution in [0.5, 0.6) is 0 Å². The lowest BCUT2D eigenvalue weighted by molar-refractivity contribution is -0.217. The highest BCUT2D eigenvalue weighted by atomic mass is 16.7. The minimum Gasteiger partial charge on any atom is -0.374 e. The largest absolute Gasteiger partial charge is 0.374 e. The van der Waals surface area contributed by atoms with Gasteiger partial charge in [-0.25, -0.2) is 0 Å². The maximum atomic E-state index is 6.32. The summed E-state index contributed by atoms with van der Waals surface area (Å²) in [6.45, 7) is 9.42. The molecule has 0 fully saturated rings. The first kappa shape index (κ1) is 26.7. The molecule has 0 amide bonds. The van der Waals surface area contributed by atoms with Crippen LogP contribution in [0.1, 0.15) is 59.8 Å². The van der Waals surface area contributed by atoms with E-state index in [0.29, 0.717) is 26.1 Å². The van der Waals surface area contributed by atoms with Gasteiger partial charge in [0.15, 0.2) is 18.3 Å². The van der Waals surface area contributed by atoms with Crippen LogP contribution in [-0.2, 0) is 28.4 Å². The molecular weight excluding hydrogens is 350 g/mol. The average Bonchev–Trinajstić information content (AvgIpc) is 2.68. The molecule has 0 rings (SSSR count). The van der Waals surface area contributed by atoms with Gasteiger partial charge in [0.1, 0.15) is 0 Å². The van der Waals surface area contributed by atoms with Crippen LogP contribution in [0.4, 0.5) is 0 Å². The second-order valence-electron chi connectivity index (χ2n) is 6.55. The number of rotatable bonds is 18. The quantitative estimate of drug-likeness (QED) is 0.358. The van der Waals surface area contributed by atoms with Crippen LogP contribution >= 0.6 is 0 Å². The number of hydrogen-bond donors (Lipinski definition) is 1. The lowest BCUT2D eigenvalue weighted by Crippen LogP contribution is -2.62. The standard InChI is InChI=1S/C20H43NO6/c1-9-13-16(14-18(22-5)23-6)21-20(27-12-4,15-19(24-7)25-8)17(10-2)26-11-3/h16-19,21H,9-15H2,1-8H3. The molecule has 0 heterocycles. The lowest BCUT2D eigenvalue weighted by Gasteiger charge is -2.44. The normalized spacial score (nSPS) is 16.7. The SMILES string of the molecule is CCCC(CC(OC)OC)NC(CC(OC)OC)(OCC)C(CC)OCC. The molecule has 0 aromatic carbocycles. The molecule has 0 aliphatic rings. The molecule has 27 heavy (non-hydrogen) atoms. The molecular formula is C20H43NO6. The molecule has 0 aromatic heterocycles. The Labute approximate surface area is 166 Å². The summed E-state index contributed by atoms with van der Waals surface area (Å²) < 4.78 is 34.2. The van der Waals surface area contributed by atoms with Crippen molar-refractivity contribution in [2.24, 2.45) is 0 Å². The number of nitrogens with one attached hydrogen (secondary N) is 1. The Morgan fingerprint density at radius 1 is 0.815 bits per heavy atom. The zero-order valence-electron chi connectivity index (χ0n) is 18.7. The van der Waals surface area contributed by atoms with E-state index in [2.05, 4.69) is 19.2 Å². The van der Waals surface area contributed by atoms with Crippen LogP contribution in [0.15, 0.2) is 0 Å². The van der Waals surface area contributed by atoms with Crippen LogP contribution in [0.3, 0.4) is 0 Å². The third-order valence-corrected chi connectivity index (χ3v) is 4.74. The molecule has 3 unspecified atom stereocenters. The molecule has 0 spiro atoms. The zero-order valence-corrected chi connectivity index (χ0v) is 18.7. The van der Waals surface area contributed by atoms with Crippen LogP contribution in [0, 0.1) is 0 Å². The van der Waals surface area contributed by atoms with Crippen molar-refractivity contribution in [2.45, 2.75) is 90.2 Å². The van der Waals surface area contributed by atoms with E-state index in [1.807, 2.05) is 13.8 Å². The first-order valence-corrected chi connectivity index (χ1v) is 10.1.